The lowest BCUT2D eigenvalue weighted by atomic mass is 10.00. The number of methoxy groups -OCH3 is 1. The van der Waals surface area contributed by atoms with Crippen LogP contribution in [0.1, 0.15) is 47.3 Å². The zero-order valence-electron chi connectivity index (χ0n) is 20.4. The number of carbonyl (C=O) groups is 1. The number of H-pyrrole nitrogens is 1. The van der Waals surface area contributed by atoms with Crippen molar-refractivity contribution in [1.82, 2.24) is 9.88 Å². The van der Waals surface area contributed by atoms with Gasteiger partial charge in [0, 0.05) is 23.0 Å². The molecule has 0 amide bonds. The van der Waals surface area contributed by atoms with Gasteiger partial charge in [-0.15, -0.1) is 0 Å². The number of hydrogen-bond donors (Lipinski definition) is 2. The molecule has 2 N–H and O–H groups in total. The summed E-state index contributed by atoms with van der Waals surface area (Å²) >= 11 is 0. The van der Waals surface area contributed by atoms with Crippen LogP contribution in [-0.2, 0) is 11.3 Å². The molecule has 0 saturated carbocycles. The van der Waals surface area contributed by atoms with Crippen molar-refractivity contribution < 1.29 is 14.6 Å². The average molecular weight is 470 g/mol. The van der Waals surface area contributed by atoms with Crippen LogP contribution in [0.15, 0.2) is 77.8 Å². The molecule has 0 spiro atoms. The largest absolute Gasteiger partial charge is 0.494 e. The van der Waals surface area contributed by atoms with E-state index in [0.717, 1.165) is 42.7 Å². The molecule has 0 aliphatic carbocycles. The number of esters is 1. The number of aromatic nitrogens is 1. The molecule has 0 aliphatic heterocycles. The molecule has 3 aromatic carbocycles. The van der Waals surface area contributed by atoms with Gasteiger partial charge < -0.3 is 14.8 Å². The van der Waals surface area contributed by atoms with Crippen LogP contribution in [0, 0.1) is 0 Å². The van der Waals surface area contributed by atoms with Crippen molar-refractivity contribution in [2.45, 2.75) is 26.8 Å². The third-order valence-corrected chi connectivity index (χ3v) is 6.05. The Bertz CT molecular complexity index is 1320. The van der Waals surface area contributed by atoms with E-state index in [1.54, 1.807) is 12.1 Å². The highest BCUT2D eigenvalue weighted by molar-refractivity contribution is 6.22. The lowest BCUT2D eigenvalue weighted by Gasteiger charge is -2.19. The third kappa shape index (κ3) is 5.44. The van der Waals surface area contributed by atoms with Gasteiger partial charge in [0.25, 0.3) is 0 Å². The van der Waals surface area contributed by atoms with E-state index in [0.29, 0.717) is 22.4 Å². The minimum absolute atomic E-state index is 0.000563. The maximum atomic E-state index is 12.0. The van der Waals surface area contributed by atoms with Crippen LogP contribution < -0.4 is 0 Å². The highest BCUT2D eigenvalue weighted by atomic mass is 16.5. The van der Waals surface area contributed by atoms with Crippen molar-refractivity contribution in [1.29, 1.82) is 0 Å². The maximum Gasteiger partial charge on any atom is 0.337 e. The number of nitrogens with zero attached hydrogens (tertiary/aromatic N) is 2. The molecule has 6 nitrogen and oxygen atoms in total. The summed E-state index contributed by atoms with van der Waals surface area (Å²) < 4.78 is 4.83. The summed E-state index contributed by atoms with van der Waals surface area (Å²) in [5.41, 5.74) is 5.20. The van der Waals surface area contributed by atoms with E-state index < -0.39 is 5.97 Å². The lowest BCUT2D eigenvalue weighted by Crippen LogP contribution is -2.23. The minimum Gasteiger partial charge on any atom is -0.494 e. The summed E-state index contributed by atoms with van der Waals surface area (Å²) in [6.07, 6.45) is 1.13. The second kappa shape index (κ2) is 11.0. The SMILES string of the molecule is CCCN(CC)Cc1ccc(N=C(c2ccccc2)c2c(O)[nH]c3cc(C(=O)OC)ccc23)cc1. The second-order valence-electron chi connectivity index (χ2n) is 8.46. The number of nitrogens with one attached hydrogen (secondary N) is 1. The normalized spacial score (nSPS) is 11.8. The monoisotopic (exact) mass is 469 g/mol. The van der Waals surface area contributed by atoms with Crippen molar-refractivity contribution in [2.75, 3.05) is 20.2 Å². The Balaban J connectivity index is 1.76. The smallest absolute Gasteiger partial charge is 0.337 e. The third-order valence-electron chi connectivity index (χ3n) is 6.05. The van der Waals surface area contributed by atoms with Crippen LogP contribution in [0.5, 0.6) is 5.88 Å². The summed E-state index contributed by atoms with van der Waals surface area (Å²) in [7, 11) is 1.35. The first-order valence-corrected chi connectivity index (χ1v) is 11.9. The molecule has 6 heteroatoms. The molecule has 35 heavy (non-hydrogen) atoms. The van der Waals surface area contributed by atoms with E-state index in [1.807, 2.05) is 48.5 Å². The minimum atomic E-state index is -0.430. The zero-order valence-corrected chi connectivity index (χ0v) is 20.4. The maximum absolute atomic E-state index is 12.0. The summed E-state index contributed by atoms with van der Waals surface area (Å²) in [6.45, 7) is 7.38. The topological polar surface area (TPSA) is 77.9 Å². The summed E-state index contributed by atoms with van der Waals surface area (Å²) in [5, 5.41) is 11.7. The first-order valence-electron chi connectivity index (χ1n) is 11.9. The van der Waals surface area contributed by atoms with Gasteiger partial charge in [-0.2, -0.15) is 0 Å². The Morgan fingerprint density at radius 2 is 1.74 bits per heavy atom. The van der Waals surface area contributed by atoms with Crippen molar-refractivity contribution in [3.05, 3.63) is 95.1 Å². The van der Waals surface area contributed by atoms with Gasteiger partial charge in [0.05, 0.1) is 29.6 Å². The van der Waals surface area contributed by atoms with Crippen molar-refractivity contribution in [3.8, 4) is 5.88 Å². The summed E-state index contributed by atoms with van der Waals surface area (Å²) in [6, 6.07) is 23.2. The van der Waals surface area contributed by atoms with E-state index in [-0.39, 0.29) is 5.88 Å². The highest BCUT2D eigenvalue weighted by Gasteiger charge is 2.20. The van der Waals surface area contributed by atoms with Gasteiger partial charge in [0.15, 0.2) is 5.88 Å². The van der Waals surface area contributed by atoms with Crippen LogP contribution in [0.25, 0.3) is 10.9 Å². The van der Waals surface area contributed by atoms with Gasteiger partial charge >= 0.3 is 5.97 Å². The van der Waals surface area contributed by atoms with Crippen molar-refractivity contribution in [3.63, 3.8) is 0 Å². The molecule has 0 unspecified atom stereocenters. The van der Waals surface area contributed by atoms with Crippen LogP contribution in [-0.4, -0.2) is 46.9 Å². The number of aromatic amines is 1. The molecule has 0 radical (unpaired) electrons. The fourth-order valence-electron chi connectivity index (χ4n) is 4.26. The zero-order chi connectivity index (χ0) is 24.8. The number of aliphatic imine (C=N–C) groups is 1. The second-order valence-corrected chi connectivity index (χ2v) is 8.46. The van der Waals surface area contributed by atoms with Crippen molar-refractivity contribution in [2.24, 2.45) is 4.99 Å². The molecule has 0 atom stereocenters. The fraction of sp³-hybridized carbons (Fsp3) is 0.241. The molecule has 0 fully saturated rings. The van der Waals surface area contributed by atoms with E-state index in [2.05, 4.69) is 35.9 Å². The number of hydrogen-bond acceptors (Lipinski definition) is 5. The molecule has 1 aromatic heterocycles. The Hall–Kier alpha value is -3.90. The average Bonchev–Trinajstić information content (AvgIpc) is 3.22. The predicted molar refractivity (Wildman–Crippen MR) is 141 cm³/mol. The van der Waals surface area contributed by atoms with E-state index in [1.165, 1.54) is 12.7 Å². The van der Waals surface area contributed by atoms with Crippen LogP contribution in [0.2, 0.25) is 0 Å². The first-order chi connectivity index (χ1) is 17.0. The standard InChI is InChI=1S/C29H31N3O3/c1-4-17-32(5-2)19-20-11-14-23(15-12-20)30-27(21-9-7-6-8-10-21)26-24-16-13-22(29(34)35-3)18-25(24)31-28(26)33/h6-16,18,31,33H,4-5,17,19H2,1-3H3. The molecular weight excluding hydrogens is 438 g/mol. The number of carbonyl (C=O) groups excluding carboxylic acids is 1. The quantitative estimate of drug-likeness (QED) is 0.231. The predicted octanol–water partition coefficient (Wildman–Crippen LogP) is 6.06. The van der Waals surface area contributed by atoms with Gasteiger partial charge in [-0.1, -0.05) is 62.4 Å². The van der Waals surface area contributed by atoms with E-state index in [4.69, 9.17) is 9.73 Å². The number of aromatic hydroxyl groups is 1. The summed E-state index contributed by atoms with van der Waals surface area (Å²) in [5.74, 6) is -0.431. The van der Waals surface area contributed by atoms with Gasteiger partial charge in [-0.25, -0.2) is 9.79 Å². The molecule has 1 heterocycles. The summed E-state index contributed by atoms with van der Waals surface area (Å²) in [4.78, 5) is 22.3. The van der Waals surface area contributed by atoms with Gasteiger partial charge in [0.1, 0.15) is 0 Å². The Labute approximate surface area is 205 Å². The highest BCUT2D eigenvalue weighted by Crippen LogP contribution is 2.32. The van der Waals surface area contributed by atoms with Crippen LogP contribution >= 0.6 is 0 Å². The lowest BCUT2D eigenvalue weighted by molar-refractivity contribution is 0.0601. The number of rotatable bonds is 9. The van der Waals surface area contributed by atoms with Gasteiger partial charge in [0.2, 0.25) is 0 Å². The van der Waals surface area contributed by atoms with E-state index in [9.17, 15) is 9.90 Å². The number of ether oxygens (including phenoxy) is 1. The Morgan fingerprint density at radius 3 is 2.40 bits per heavy atom. The van der Waals surface area contributed by atoms with Crippen LogP contribution in [0.3, 0.4) is 0 Å². The van der Waals surface area contributed by atoms with Gasteiger partial charge in [-0.05, 0) is 49.3 Å². The van der Waals surface area contributed by atoms with Gasteiger partial charge in [-0.3, -0.25) is 4.90 Å². The molecule has 0 saturated heterocycles. The molecule has 4 aromatic rings. The molecule has 180 valence electrons. The van der Waals surface area contributed by atoms with E-state index >= 15 is 0 Å². The molecule has 0 bridgehead atoms. The first kappa shape index (κ1) is 24.2. The van der Waals surface area contributed by atoms with Crippen LogP contribution in [0.4, 0.5) is 5.69 Å². The van der Waals surface area contributed by atoms with Crippen molar-refractivity contribution >= 4 is 28.3 Å². The Morgan fingerprint density at radius 1 is 1.00 bits per heavy atom. The fourth-order valence-corrected chi connectivity index (χ4v) is 4.26. The number of fused-ring (bicyclic) bond motifs is 1. The molecule has 0 aliphatic rings. The molecule has 4 rings (SSSR count). The Kier molecular flexibility index (Phi) is 7.63. The molecular formula is C29H31N3O3. The number of benzene rings is 3.